The first-order chi connectivity index (χ1) is 11.7. The smallest absolute Gasteiger partial charge is 0.262 e. The number of rotatable bonds is 3. The van der Waals surface area contributed by atoms with E-state index in [1.54, 1.807) is 22.2 Å². The van der Waals surface area contributed by atoms with Crippen molar-refractivity contribution in [1.82, 2.24) is 9.55 Å². The summed E-state index contributed by atoms with van der Waals surface area (Å²) in [6.45, 7) is 5.03. The molecular formula is C20H22N2OS. The molecule has 1 aromatic carbocycles. The van der Waals surface area contributed by atoms with Gasteiger partial charge in [-0.15, -0.1) is 11.3 Å². The zero-order valence-electron chi connectivity index (χ0n) is 14.2. The zero-order valence-corrected chi connectivity index (χ0v) is 15.0. The molecule has 4 heteroatoms. The summed E-state index contributed by atoms with van der Waals surface area (Å²) in [5.41, 5.74) is 3.85. The minimum absolute atomic E-state index is 0.117. The lowest BCUT2D eigenvalue weighted by Gasteiger charge is -2.17. The third-order valence-electron chi connectivity index (χ3n) is 5.07. The summed E-state index contributed by atoms with van der Waals surface area (Å²) in [5.74, 6) is 0.713. The van der Waals surface area contributed by atoms with Crippen LogP contribution in [-0.4, -0.2) is 9.55 Å². The van der Waals surface area contributed by atoms with E-state index < -0.39 is 0 Å². The van der Waals surface area contributed by atoms with Gasteiger partial charge in [-0.05, 0) is 48.3 Å². The molecule has 0 unspecified atom stereocenters. The number of nitrogens with zero attached hydrogens (tertiary/aromatic N) is 2. The highest BCUT2D eigenvalue weighted by Crippen LogP contribution is 2.35. The SMILES string of the molecule is CCc1ccc(Cn2cnc3sc4c(c3c2=O)CC[C@@H](C)C4)cc1. The first-order valence-corrected chi connectivity index (χ1v) is 9.55. The van der Waals surface area contributed by atoms with Crippen molar-refractivity contribution in [1.29, 1.82) is 0 Å². The lowest BCUT2D eigenvalue weighted by molar-refractivity contribution is 0.509. The summed E-state index contributed by atoms with van der Waals surface area (Å²) in [6, 6.07) is 8.50. The van der Waals surface area contributed by atoms with Crippen molar-refractivity contribution in [3.8, 4) is 0 Å². The maximum absolute atomic E-state index is 13.0. The van der Waals surface area contributed by atoms with Crippen molar-refractivity contribution >= 4 is 21.6 Å². The van der Waals surface area contributed by atoms with Crippen LogP contribution < -0.4 is 5.56 Å². The number of hydrogen-bond acceptors (Lipinski definition) is 3. The Bertz CT molecular complexity index is 937. The van der Waals surface area contributed by atoms with Gasteiger partial charge in [-0.1, -0.05) is 38.1 Å². The van der Waals surface area contributed by atoms with Crippen molar-refractivity contribution in [2.45, 2.75) is 46.1 Å². The van der Waals surface area contributed by atoms with Crippen molar-refractivity contribution in [3.63, 3.8) is 0 Å². The molecule has 0 fully saturated rings. The Hall–Kier alpha value is -1.94. The largest absolute Gasteiger partial charge is 0.294 e. The molecule has 0 saturated carbocycles. The van der Waals surface area contributed by atoms with Gasteiger partial charge in [0.15, 0.2) is 0 Å². The Morgan fingerprint density at radius 2 is 2.00 bits per heavy atom. The van der Waals surface area contributed by atoms with Crippen LogP contribution in [0.2, 0.25) is 0 Å². The van der Waals surface area contributed by atoms with Gasteiger partial charge in [0, 0.05) is 4.88 Å². The summed E-state index contributed by atoms with van der Waals surface area (Å²) in [5, 5.41) is 0.870. The number of aromatic nitrogens is 2. The molecule has 0 aliphatic heterocycles. The molecule has 0 spiro atoms. The standard InChI is InChI=1S/C20H22N2OS/c1-3-14-5-7-15(8-6-14)11-22-12-21-19-18(20(22)23)16-9-4-13(2)10-17(16)24-19/h5-8,12-13H,3-4,9-11H2,1-2H3/t13-/m1/s1. The van der Waals surface area contributed by atoms with Crippen LogP contribution in [0.5, 0.6) is 0 Å². The number of hydrogen-bond donors (Lipinski definition) is 0. The predicted octanol–water partition coefficient (Wildman–Crippen LogP) is 4.19. The van der Waals surface area contributed by atoms with Gasteiger partial charge in [-0.2, -0.15) is 0 Å². The molecule has 24 heavy (non-hydrogen) atoms. The van der Waals surface area contributed by atoms with Gasteiger partial charge < -0.3 is 0 Å². The molecule has 0 radical (unpaired) electrons. The van der Waals surface area contributed by atoms with Crippen LogP contribution in [0.3, 0.4) is 0 Å². The Morgan fingerprint density at radius 3 is 2.75 bits per heavy atom. The van der Waals surface area contributed by atoms with Crippen molar-refractivity contribution in [2.75, 3.05) is 0 Å². The normalized spacial score (nSPS) is 17.2. The quantitative estimate of drug-likeness (QED) is 0.717. The van der Waals surface area contributed by atoms with Crippen LogP contribution >= 0.6 is 11.3 Å². The van der Waals surface area contributed by atoms with Gasteiger partial charge in [0.2, 0.25) is 0 Å². The summed E-state index contributed by atoms with van der Waals surface area (Å²) in [6.07, 6.45) is 6.03. The molecule has 2 aromatic heterocycles. The number of fused-ring (bicyclic) bond motifs is 3. The third kappa shape index (κ3) is 2.69. The van der Waals surface area contributed by atoms with Crippen molar-refractivity contribution in [3.05, 3.63) is 62.5 Å². The summed E-state index contributed by atoms with van der Waals surface area (Å²) < 4.78 is 1.76. The average molecular weight is 338 g/mol. The molecule has 1 aliphatic carbocycles. The topological polar surface area (TPSA) is 34.9 Å². The molecule has 1 atom stereocenters. The summed E-state index contributed by atoms with van der Waals surface area (Å²) in [4.78, 5) is 19.9. The molecular weight excluding hydrogens is 316 g/mol. The van der Waals surface area contributed by atoms with Gasteiger partial charge in [0.05, 0.1) is 18.3 Å². The Labute approximate surface area is 146 Å². The van der Waals surface area contributed by atoms with Gasteiger partial charge in [-0.25, -0.2) is 4.98 Å². The molecule has 0 amide bonds. The molecule has 124 valence electrons. The van der Waals surface area contributed by atoms with Crippen LogP contribution in [-0.2, 0) is 25.8 Å². The first-order valence-electron chi connectivity index (χ1n) is 8.73. The van der Waals surface area contributed by atoms with E-state index in [1.165, 1.54) is 22.4 Å². The first kappa shape index (κ1) is 15.6. The zero-order chi connectivity index (χ0) is 16.7. The molecule has 3 nitrogen and oxygen atoms in total. The molecule has 2 heterocycles. The van der Waals surface area contributed by atoms with E-state index in [2.05, 4.69) is 43.1 Å². The fourth-order valence-electron chi connectivity index (χ4n) is 3.56. The van der Waals surface area contributed by atoms with E-state index in [0.29, 0.717) is 12.5 Å². The minimum Gasteiger partial charge on any atom is -0.294 e. The van der Waals surface area contributed by atoms with E-state index in [0.717, 1.165) is 35.0 Å². The second kappa shape index (κ2) is 6.17. The lowest BCUT2D eigenvalue weighted by atomic mass is 9.89. The van der Waals surface area contributed by atoms with E-state index in [4.69, 9.17) is 0 Å². The molecule has 0 bridgehead atoms. The molecule has 4 rings (SSSR count). The van der Waals surface area contributed by atoms with E-state index >= 15 is 0 Å². The highest BCUT2D eigenvalue weighted by atomic mass is 32.1. The monoisotopic (exact) mass is 338 g/mol. The van der Waals surface area contributed by atoms with Crippen molar-refractivity contribution in [2.24, 2.45) is 5.92 Å². The Balaban J connectivity index is 1.74. The van der Waals surface area contributed by atoms with Gasteiger partial charge >= 0.3 is 0 Å². The number of benzene rings is 1. The molecule has 3 aromatic rings. The van der Waals surface area contributed by atoms with Gasteiger partial charge in [0.25, 0.3) is 5.56 Å². The van der Waals surface area contributed by atoms with Crippen LogP contribution in [0.4, 0.5) is 0 Å². The van der Waals surface area contributed by atoms with Crippen LogP contribution in [0.25, 0.3) is 10.2 Å². The second-order valence-corrected chi connectivity index (χ2v) is 7.96. The van der Waals surface area contributed by atoms with Gasteiger partial charge in [0.1, 0.15) is 4.83 Å². The van der Waals surface area contributed by atoms with Crippen LogP contribution in [0.15, 0.2) is 35.4 Å². The maximum atomic E-state index is 13.0. The summed E-state index contributed by atoms with van der Waals surface area (Å²) >= 11 is 1.71. The maximum Gasteiger partial charge on any atom is 0.262 e. The van der Waals surface area contributed by atoms with Crippen LogP contribution in [0, 0.1) is 5.92 Å². The summed E-state index contributed by atoms with van der Waals surface area (Å²) in [7, 11) is 0. The Kier molecular flexibility index (Phi) is 4.01. The molecule has 0 N–H and O–H groups in total. The highest BCUT2D eigenvalue weighted by molar-refractivity contribution is 7.18. The lowest BCUT2D eigenvalue weighted by Crippen LogP contribution is -2.22. The van der Waals surface area contributed by atoms with E-state index in [9.17, 15) is 4.79 Å². The highest BCUT2D eigenvalue weighted by Gasteiger charge is 2.23. The number of thiophene rings is 1. The predicted molar refractivity (Wildman–Crippen MR) is 100.0 cm³/mol. The fraction of sp³-hybridized carbons (Fsp3) is 0.400. The van der Waals surface area contributed by atoms with Crippen molar-refractivity contribution < 1.29 is 0 Å². The second-order valence-electron chi connectivity index (χ2n) is 6.88. The van der Waals surface area contributed by atoms with E-state index in [1.807, 2.05) is 0 Å². The average Bonchev–Trinajstić information content (AvgIpc) is 2.96. The number of aryl methyl sites for hydroxylation is 2. The molecule has 1 aliphatic rings. The molecule has 0 saturated heterocycles. The van der Waals surface area contributed by atoms with Gasteiger partial charge in [-0.3, -0.25) is 9.36 Å². The Morgan fingerprint density at radius 1 is 1.25 bits per heavy atom. The minimum atomic E-state index is 0.117. The third-order valence-corrected chi connectivity index (χ3v) is 6.23. The fourth-order valence-corrected chi connectivity index (χ4v) is 4.90. The van der Waals surface area contributed by atoms with Crippen LogP contribution in [0.1, 0.15) is 41.8 Å². The van der Waals surface area contributed by atoms with E-state index in [-0.39, 0.29) is 5.56 Å².